The maximum atomic E-state index is 5.77. The van der Waals surface area contributed by atoms with E-state index in [9.17, 15) is 0 Å². The summed E-state index contributed by atoms with van der Waals surface area (Å²) in [6.45, 7) is 7.11. The van der Waals surface area contributed by atoms with Crippen molar-refractivity contribution in [3.8, 4) is 0 Å². The van der Waals surface area contributed by atoms with Crippen LogP contribution in [0.2, 0.25) is 0 Å². The molecule has 0 aromatic carbocycles. The molecule has 18 heavy (non-hydrogen) atoms. The van der Waals surface area contributed by atoms with Gasteiger partial charge in [-0.1, -0.05) is 20.8 Å². The first kappa shape index (κ1) is 14.0. The summed E-state index contributed by atoms with van der Waals surface area (Å²) in [5.74, 6) is 7.34. The number of nitrogens with two attached hydrogens (primary N) is 1. The molecule has 1 aromatic heterocycles. The van der Waals surface area contributed by atoms with Crippen molar-refractivity contribution < 1.29 is 0 Å². The van der Waals surface area contributed by atoms with Crippen LogP contribution in [0.15, 0.2) is 16.8 Å². The van der Waals surface area contributed by atoms with Crippen LogP contribution < -0.4 is 11.3 Å². The highest BCUT2D eigenvalue weighted by Gasteiger charge is 2.33. The predicted molar refractivity (Wildman–Crippen MR) is 79.3 cm³/mol. The van der Waals surface area contributed by atoms with Gasteiger partial charge in [-0.05, 0) is 65.3 Å². The van der Waals surface area contributed by atoms with Gasteiger partial charge in [0.05, 0.1) is 0 Å². The molecule has 0 aliphatic heterocycles. The van der Waals surface area contributed by atoms with Crippen molar-refractivity contribution in [2.45, 2.75) is 52.5 Å². The van der Waals surface area contributed by atoms with E-state index in [4.69, 9.17) is 5.84 Å². The monoisotopic (exact) mass is 266 g/mol. The Morgan fingerprint density at radius 2 is 1.94 bits per heavy atom. The van der Waals surface area contributed by atoms with Gasteiger partial charge < -0.3 is 0 Å². The molecule has 2 rings (SSSR count). The van der Waals surface area contributed by atoms with Gasteiger partial charge in [-0.25, -0.2) is 0 Å². The second-order valence-corrected chi connectivity index (χ2v) is 7.46. The summed E-state index contributed by atoms with van der Waals surface area (Å²) in [4.78, 5) is 0. The molecule has 0 spiro atoms. The van der Waals surface area contributed by atoms with Gasteiger partial charge >= 0.3 is 0 Å². The molecule has 1 saturated carbocycles. The zero-order valence-electron chi connectivity index (χ0n) is 11.8. The van der Waals surface area contributed by atoms with E-state index in [2.05, 4.69) is 43.0 Å². The van der Waals surface area contributed by atoms with E-state index in [0.29, 0.717) is 17.4 Å². The van der Waals surface area contributed by atoms with E-state index in [1.165, 1.54) is 31.2 Å². The fourth-order valence-corrected chi connectivity index (χ4v) is 3.97. The summed E-state index contributed by atoms with van der Waals surface area (Å²) in [6.07, 6.45) is 5.28. The molecule has 2 nitrogen and oxygen atoms in total. The molecule has 1 fully saturated rings. The topological polar surface area (TPSA) is 38.0 Å². The van der Waals surface area contributed by atoms with Gasteiger partial charge in [0.15, 0.2) is 0 Å². The van der Waals surface area contributed by atoms with E-state index in [1.807, 2.05) is 0 Å². The van der Waals surface area contributed by atoms with Crippen molar-refractivity contribution in [3.05, 3.63) is 22.4 Å². The van der Waals surface area contributed by atoms with Crippen molar-refractivity contribution in [1.82, 2.24) is 5.43 Å². The minimum Gasteiger partial charge on any atom is -0.271 e. The van der Waals surface area contributed by atoms with Crippen LogP contribution in [0.25, 0.3) is 0 Å². The van der Waals surface area contributed by atoms with Crippen LogP contribution in [0.3, 0.4) is 0 Å². The van der Waals surface area contributed by atoms with Crippen LogP contribution in [-0.2, 0) is 0 Å². The molecule has 0 bridgehead atoms. The highest BCUT2D eigenvalue weighted by molar-refractivity contribution is 7.07. The first-order valence-electron chi connectivity index (χ1n) is 7.00. The van der Waals surface area contributed by atoms with Crippen LogP contribution in [0, 0.1) is 17.3 Å². The average Bonchev–Trinajstić information content (AvgIpc) is 2.83. The first-order chi connectivity index (χ1) is 8.52. The third kappa shape index (κ3) is 3.14. The van der Waals surface area contributed by atoms with Crippen molar-refractivity contribution in [2.24, 2.45) is 23.1 Å². The highest BCUT2D eigenvalue weighted by atomic mass is 32.1. The smallest absolute Gasteiger partial charge is 0.0496 e. The summed E-state index contributed by atoms with van der Waals surface area (Å²) in [6, 6.07) is 2.54. The van der Waals surface area contributed by atoms with Crippen LogP contribution >= 0.6 is 11.3 Å². The molecule has 1 atom stereocenters. The lowest BCUT2D eigenvalue weighted by Crippen LogP contribution is -2.36. The van der Waals surface area contributed by atoms with Crippen LogP contribution in [-0.4, -0.2) is 0 Å². The van der Waals surface area contributed by atoms with Gasteiger partial charge in [-0.15, -0.1) is 0 Å². The molecule has 3 N–H and O–H groups in total. The van der Waals surface area contributed by atoms with Gasteiger partial charge in [0.1, 0.15) is 0 Å². The lowest BCUT2D eigenvalue weighted by molar-refractivity contribution is 0.133. The van der Waals surface area contributed by atoms with E-state index in [1.54, 1.807) is 11.3 Å². The quantitative estimate of drug-likeness (QED) is 0.638. The number of rotatable bonds is 3. The Bertz CT molecular complexity index is 345. The second kappa shape index (κ2) is 5.72. The lowest BCUT2D eigenvalue weighted by Gasteiger charge is -2.39. The molecule has 1 aliphatic carbocycles. The zero-order valence-corrected chi connectivity index (χ0v) is 12.6. The molecule has 102 valence electrons. The second-order valence-electron chi connectivity index (χ2n) is 6.68. The van der Waals surface area contributed by atoms with Crippen molar-refractivity contribution >= 4 is 11.3 Å². The summed E-state index contributed by atoms with van der Waals surface area (Å²) < 4.78 is 0. The van der Waals surface area contributed by atoms with Gasteiger partial charge in [0, 0.05) is 6.04 Å². The largest absolute Gasteiger partial charge is 0.271 e. The summed E-state index contributed by atoms with van der Waals surface area (Å²) in [5, 5.41) is 4.36. The highest BCUT2D eigenvalue weighted by Crippen LogP contribution is 2.43. The van der Waals surface area contributed by atoms with E-state index in [-0.39, 0.29) is 0 Å². The van der Waals surface area contributed by atoms with E-state index < -0.39 is 0 Å². The fourth-order valence-electron chi connectivity index (χ4n) is 3.27. The van der Waals surface area contributed by atoms with Gasteiger partial charge in [-0.3, -0.25) is 11.3 Å². The molecule has 0 amide bonds. The lowest BCUT2D eigenvalue weighted by atomic mass is 9.68. The fraction of sp³-hybridized carbons (Fsp3) is 0.733. The number of hydrazine groups is 1. The van der Waals surface area contributed by atoms with Crippen molar-refractivity contribution in [1.29, 1.82) is 0 Å². The Morgan fingerprint density at radius 3 is 2.39 bits per heavy atom. The molecular weight excluding hydrogens is 240 g/mol. The third-order valence-electron chi connectivity index (χ3n) is 4.55. The van der Waals surface area contributed by atoms with Crippen LogP contribution in [0.1, 0.15) is 58.1 Å². The molecule has 1 heterocycles. The molecule has 1 aliphatic rings. The molecule has 0 saturated heterocycles. The summed E-state index contributed by atoms with van der Waals surface area (Å²) >= 11 is 1.76. The Balaban J connectivity index is 1.96. The maximum Gasteiger partial charge on any atom is 0.0496 e. The van der Waals surface area contributed by atoms with Gasteiger partial charge in [-0.2, -0.15) is 11.3 Å². The van der Waals surface area contributed by atoms with E-state index in [0.717, 1.165) is 5.92 Å². The zero-order chi connectivity index (χ0) is 13.2. The third-order valence-corrected chi connectivity index (χ3v) is 5.25. The minimum absolute atomic E-state index is 0.345. The molecule has 1 aromatic rings. The van der Waals surface area contributed by atoms with Gasteiger partial charge in [0.25, 0.3) is 0 Å². The minimum atomic E-state index is 0.345. The Labute approximate surface area is 115 Å². The van der Waals surface area contributed by atoms with E-state index >= 15 is 0 Å². The number of hydrogen-bond donors (Lipinski definition) is 2. The Hall–Kier alpha value is -0.380. The summed E-state index contributed by atoms with van der Waals surface area (Å²) in [5.41, 5.74) is 4.85. The standard InChI is InChI=1S/C15H26N2S/c1-15(2,3)13-6-4-11(5-7-13)14(17-16)12-8-9-18-10-12/h8-11,13-14,17H,4-7,16H2,1-3H3. The maximum absolute atomic E-state index is 5.77. The summed E-state index contributed by atoms with van der Waals surface area (Å²) in [7, 11) is 0. The molecule has 1 unspecified atom stereocenters. The Morgan fingerprint density at radius 1 is 1.28 bits per heavy atom. The average molecular weight is 266 g/mol. The van der Waals surface area contributed by atoms with Crippen LogP contribution in [0.5, 0.6) is 0 Å². The van der Waals surface area contributed by atoms with Gasteiger partial charge in [0.2, 0.25) is 0 Å². The number of nitrogens with one attached hydrogen (secondary N) is 1. The molecular formula is C15H26N2S. The molecule has 3 heteroatoms. The number of hydrogen-bond acceptors (Lipinski definition) is 3. The normalized spacial score (nSPS) is 27.1. The van der Waals surface area contributed by atoms with Crippen molar-refractivity contribution in [3.63, 3.8) is 0 Å². The number of thiophene rings is 1. The first-order valence-corrected chi connectivity index (χ1v) is 7.95. The molecule has 0 radical (unpaired) electrons. The predicted octanol–water partition coefficient (Wildman–Crippen LogP) is 4.11. The van der Waals surface area contributed by atoms with Crippen molar-refractivity contribution in [2.75, 3.05) is 0 Å². The van der Waals surface area contributed by atoms with Crippen LogP contribution in [0.4, 0.5) is 0 Å². The SMILES string of the molecule is CC(C)(C)C1CCC(C(NN)c2ccsc2)CC1. The Kier molecular flexibility index (Phi) is 4.46.